The van der Waals surface area contributed by atoms with Crippen LogP contribution in [-0.4, -0.2) is 24.9 Å². The van der Waals surface area contributed by atoms with Crippen molar-refractivity contribution >= 4 is 11.8 Å². The summed E-state index contributed by atoms with van der Waals surface area (Å²) in [4.78, 5) is 1.33. The Morgan fingerprint density at radius 1 is 1.33 bits per heavy atom. The monoisotopic (exact) mass is 307 g/mol. The van der Waals surface area contributed by atoms with Crippen molar-refractivity contribution in [1.82, 2.24) is 5.32 Å². The van der Waals surface area contributed by atoms with Crippen LogP contribution in [0.1, 0.15) is 40.0 Å². The highest BCUT2D eigenvalue weighted by Crippen LogP contribution is 2.39. The predicted octanol–water partition coefficient (Wildman–Crippen LogP) is 4.59. The molecule has 2 rings (SSSR count). The Balaban J connectivity index is 2.07. The van der Waals surface area contributed by atoms with Gasteiger partial charge in [-0.15, -0.1) is 11.8 Å². The van der Waals surface area contributed by atoms with Gasteiger partial charge in [-0.2, -0.15) is 0 Å². The Morgan fingerprint density at radius 2 is 2.14 bits per heavy atom. The molecule has 0 radical (unpaired) electrons. The minimum absolute atomic E-state index is 0.640. The zero-order valence-electron chi connectivity index (χ0n) is 13.8. The van der Waals surface area contributed by atoms with E-state index in [-0.39, 0.29) is 0 Å². The van der Waals surface area contributed by atoms with Gasteiger partial charge in [0.25, 0.3) is 0 Å². The van der Waals surface area contributed by atoms with Crippen LogP contribution in [0.25, 0.3) is 0 Å². The van der Waals surface area contributed by atoms with E-state index in [0.717, 1.165) is 24.1 Å². The number of hydrogen-bond donors (Lipinski definition) is 1. The summed E-state index contributed by atoms with van der Waals surface area (Å²) in [5, 5.41) is 4.36. The SMILES string of the molecule is CCNC1CCC(C(C)C)CC1Sc1cccc(OC)c1. The first kappa shape index (κ1) is 16.7. The van der Waals surface area contributed by atoms with Crippen LogP contribution in [-0.2, 0) is 0 Å². The summed E-state index contributed by atoms with van der Waals surface area (Å²) in [5.41, 5.74) is 0. The molecule has 3 heteroatoms. The molecule has 0 aromatic heterocycles. The van der Waals surface area contributed by atoms with E-state index in [9.17, 15) is 0 Å². The molecule has 0 heterocycles. The maximum atomic E-state index is 5.35. The van der Waals surface area contributed by atoms with Gasteiger partial charge in [0.1, 0.15) is 5.75 Å². The quantitative estimate of drug-likeness (QED) is 0.830. The third kappa shape index (κ3) is 4.65. The van der Waals surface area contributed by atoms with E-state index < -0.39 is 0 Å². The van der Waals surface area contributed by atoms with Gasteiger partial charge in [0.15, 0.2) is 0 Å². The number of thioether (sulfide) groups is 1. The van der Waals surface area contributed by atoms with Crippen LogP contribution >= 0.6 is 11.8 Å². The van der Waals surface area contributed by atoms with Crippen LogP contribution in [0.5, 0.6) is 5.75 Å². The first-order valence-electron chi connectivity index (χ1n) is 8.18. The molecule has 1 aromatic carbocycles. The molecule has 1 aromatic rings. The molecular formula is C18H29NOS. The molecule has 0 amide bonds. The third-order valence-corrected chi connectivity index (χ3v) is 5.92. The Hall–Kier alpha value is -0.670. The fourth-order valence-corrected chi connectivity index (χ4v) is 4.67. The number of hydrogen-bond acceptors (Lipinski definition) is 3. The Kier molecular flexibility index (Phi) is 6.43. The van der Waals surface area contributed by atoms with Crippen LogP contribution < -0.4 is 10.1 Å². The van der Waals surface area contributed by atoms with E-state index in [1.165, 1.54) is 24.2 Å². The van der Waals surface area contributed by atoms with Crippen LogP contribution in [0.4, 0.5) is 0 Å². The molecule has 0 bridgehead atoms. The molecule has 1 fully saturated rings. The normalized spacial score (nSPS) is 26.0. The van der Waals surface area contributed by atoms with Crippen LogP contribution in [0, 0.1) is 11.8 Å². The van der Waals surface area contributed by atoms with Gasteiger partial charge in [-0.05, 0) is 55.8 Å². The Bertz CT molecular complexity index is 435. The molecule has 0 spiro atoms. The van der Waals surface area contributed by atoms with E-state index in [1.54, 1.807) is 7.11 Å². The molecule has 1 N–H and O–H groups in total. The van der Waals surface area contributed by atoms with Crippen LogP contribution in [0.15, 0.2) is 29.2 Å². The molecule has 0 aliphatic heterocycles. The minimum Gasteiger partial charge on any atom is -0.497 e. The van der Waals surface area contributed by atoms with Crippen molar-refractivity contribution in [3.05, 3.63) is 24.3 Å². The Labute approximate surface area is 134 Å². The fourth-order valence-electron chi connectivity index (χ4n) is 3.24. The molecule has 2 nitrogen and oxygen atoms in total. The van der Waals surface area contributed by atoms with E-state index in [2.05, 4.69) is 44.3 Å². The van der Waals surface area contributed by atoms with Gasteiger partial charge in [0.05, 0.1) is 7.11 Å². The molecule has 1 aliphatic carbocycles. The van der Waals surface area contributed by atoms with Crippen molar-refractivity contribution in [3.8, 4) is 5.75 Å². The predicted molar refractivity (Wildman–Crippen MR) is 92.3 cm³/mol. The van der Waals surface area contributed by atoms with Gasteiger partial charge in [0, 0.05) is 16.2 Å². The van der Waals surface area contributed by atoms with Crippen molar-refractivity contribution in [2.75, 3.05) is 13.7 Å². The standard InChI is InChI=1S/C18H29NOS/c1-5-19-17-10-9-14(13(2)3)11-18(17)21-16-8-6-7-15(12-16)20-4/h6-8,12-14,17-19H,5,9-11H2,1-4H3. The Morgan fingerprint density at radius 3 is 2.81 bits per heavy atom. The average Bonchev–Trinajstić information content (AvgIpc) is 2.49. The summed E-state index contributed by atoms with van der Waals surface area (Å²) in [5.74, 6) is 2.61. The summed E-state index contributed by atoms with van der Waals surface area (Å²) in [7, 11) is 1.74. The highest BCUT2D eigenvalue weighted by molar-refractivity contribution is 8.00. The van der Waals surface area contributed by atoms with Crippen LogP contribution in [0.3, 0.4) is 0 Å². The van der Waals surface area contributed by atoms with Crippen LogP contribution in [0.2, 0.25) is 0 Å². The minimum atomic E-state index is 0.640. The van der Waals surface area contributed by atoms with Gasteiger partial charge >= 0.3 is 0 Å². The summed E-state index contributed by atoms with van der Waals surface area (Å²) >= 11 is 2.02. The van der Waals surface area contributed by atoms with E-state index in [1.807, 2.05) is 17.8 Å². The van der Waals surface area contributed by atoms with Gasteiger partial charge in [-0.3, -0.25) is 0 Å². The van der Waals surface area contributed by atoms with Crippen molar-refractivity contribution in [2.24, 2.45) is 11.8 Å². The van der Waals surface area contributed by atoms with E-state index >= 15 is 0 Å². The molecule has 3 unspecified atom stereocenters. The van der Waals surface area contributed by atoms with E-state index in [0.29, 0.717) is 11.3 Å². The van der Waals surface area contributed by atoms with Gasteiger partial charge < -0.3 is 10.1 Å². The maximum Gasteiger partial charge on any atom is 0.119 e. The molecule has 21 heavy (non-hydrogen) atoms. The third-order valence-electron chi connectivity index (χ3n) is 4.57. The van der Waals surface area contributed by atoms with Crippen molar-refractivity contribution < 1.29 is 4.74 Å². The molecule has 0 saturated heterocycles. The smallest absolute Gasteiger partial charge is 0.119 e. The summed E-state index contributed by atoms with van der Waals surface area (Å²) in [6.07, 6.45) is 3.99. The second-order valence-electron chi connectivity index (χ2n) is 6.32. The lowest BCUT2D eigenvalue weighted by Gasteiger charge is -2.38. The fraction of sp³-hybridized carbons (Fsp3) is 0.667. The maximum absolute atomic E-state index is 5.35. The largest absolute Gasteiger partial charge is 0.497 e. The molecule has 1 aliphatic rings. The number of rotatable bonds is 6. The lowest BCUT2D eigenvalue weighted by Crippen LogP contribution is -2.43. The second kappa shape index (κ2) is 8.09. The zero-order valence-corrected chi connectivity index (χ0v) is 14.6. The lowest BCUT2D eigenvalue weighted by molar-refractivity contribution is 0.247. The summed E-state index contributed by atoms with van der Waals surface area (Å²) in [6.45, 7) is 8.00. The van der Waals surface area contributed by atoms with Crippen molar-refractivity contribution in [1.29, 1.82) is 0 Å². The second-order valence-corrected chi connectivity index (χ2v) is 7.63. The molecule has 3 atom stereocenters. The molecule has 1 saturated carbocycles. The zero-order chi connectivity index (χ0) is 15.2. The summed E-state index contributed by atoms with van der Waals surface area (Å²) < 4.78 is 5.35. The van der Waals surface area contributed by atoms with Crippen molar-refractivity contribution in [2.45, 2.75) is 56.2 Å². The first-order chi connectivity index (χ1) is 10.1. The highest BCUT2D eigenvalue weighted by Gasteiger charge is 2.31. The number of benzene rings is 1. The summed E-state index contributed by atoms with van der Waals surface area (Å²) in [6, 6.07) is 9.11. The van der Waals surface area contributed by atoms with Crippen molar-refractivity contribution in [3.63, 3.8) is 0 Å². The van der Waals surface area contributed by atoms with Gasteiger partial charge in [-0.1, -0.05) is 26.8 Å². The first-order valence-corrected chi connectivity index (χ1v) is 9.06. The molecular weight excluding hydrogens is 278 g/mol. The topological polar surface area (TPSA) is 21.3 Å². The van der Waals surface area contributed by atoms with E-state index in [4.69, 9.17) is 4.74 Å². The number of methoxy groups -OCH3 is 1. The number of nitrogens with one attached hydrogen (secondary N) is 1. The average molecular weight is 308 g/mol. The van der Waals surface area contributed by atoms with Gasteiger partial charge in [0.2, 0.25) is 0 Å². The lowest BCUT2D eigenvalue weighted by atomic mass is 9.79. The highest BCUT2D eigenvalue weighted by atomic mass is 32.2. The molecule has 118 valence electrons. The number of ether oxygens (including phenoxy) is 1. The van der Waals surface area contributed by atoms with Gasteiger partial charge in [-0.25, -0.2) is 0 Å².